The van der Waals surface area contributed by atoms with Gasteiger partial charge in [0.15, 0.2) is 22.8 Å². The van der Waals surface area contributed by atoms with Crippen molar-refractivity contribution in [3.05, 3.63) is 269 Å². The van der Waals surface area contributed by atoms with Gasteiger partial charge in [0.25, 0.3) is 0 Å². The SMILES string of the molecule is Cc1ccc2c(c1)C=CN(C(C)c1ccccc1)C2P1(=O)OC(c2cccc3ccccc23)(c2cccc3ccccc23)C2OC(C)(C)OC2C(c2cccc3ccccc23)(c2cccc3ccccc23)O1. The Hall–Kier alpha value is -7.15. The van der Waals surface area contributed by atoms with E-state index in [0.29, 0.717) is 0 Å². The third-order valence-electron chi connectivity index (χ3n) is 15.5. The maximum atomic E-state index is 18.8. The Bertz CT molecular complexity index is 3460. The molecule has 3 aliphatic heterocycles. The molecule has 0 aliphatic carbocycles. The summed E-state index contributed by atoms with van der Waals surface area (Å²) in [7, 11) is -4.81. The molecular formula is C65H54NO5P. The maximum absolute atomic E-state index is 18.8. The second kappa shape index (κ2) is 17.0. The Labute approximate surface area is 420 Å². The van der Waals surface area contributed by atoms with Gasteiger partial charge in [0.1, 0.15) is 12.2 Å². The lowest BCUT2D eigenvalue weighted by Crippen LogP contribution is -2.54. The standard InChI is InChI=1S/C65H54NO5P/c1-43-38-39-55-50(42-43)40-41-66(44(2)45-20-6-5-7-21-45)62(55)72(67)70-64(56-34-16-26-46-22-8-12-30-51(46)56,57-35-17-27-47-23-9-13-31-52(47)57)60-61(69-63(3,4)68-60)65(71-72,58-36-18-28-48-24-10-14-32-53(48)58)59-37-19-29-49-25-11-15-33-54(49)59/h5-42,44,60-62H,1-4H3. The van der Waals surface area contributed by atoms with Gasteiger partial charge in [-0.05, 0) is 116 Å². The molecule has 0 spiro atoms. The molecule has 0 aromatic heterocycles. The second-order valence-corrected chi connectivity index (χ2v) is 22.1. The van der Waals surface area contributed by atoms with Crippen molar-refractivity contribution in [2.24, 2.45) is 0 Å². The Morgan fingerprint density at radius 3 is 1.31 bits per heavy atom. The summed E-state index contributed by atoms with van der Waals surface area (Å²) in [4.78, 5) is 2.20. The van der Waals surface area contributed by atoms with Crippen molar-refractivity contribution < 1.29 is 23.1 Å². The highest BCUT2D eigenvalue weighted by atomic mass is 31.2. The van der Waals surface area contributed by atoms with E-state index >= 15 is 4.57 Å². The zero-order valence-corrected chi connectivity index (χ0v) is 41.6. The Morgan fingerprint density at radius 2 is 0.875 bits per heavy atom. The van der Waals surface area contributed by atoms with Crippen LogP contribution in [0.5, 0.6) is 0 Å². The minimum absolute atomic E-state index is 0.289. The molecule has 0 amide bonds. The molecule has 0 N–H and O–H groups in total. The third kappa shape index (κ3) is 6.89. The predicted octanol–water partition coefficient (Wildman–Crippen LogP) is 16.3. The molecule has 0 bridgehead atoms. The fourth-order valence-corrected chi connectivity index (χ4v) is 15.2. The molecule has 7 heteroatoms. The van der Waals surface area contributed by atoms with Gasteiger partial charge in [-0.15, -0.1) is 0 Å². The number of rotatable bonds is 7. The molecule has 72 heavy (non-hydrogen) atoms. The minimum atomic E-state index is -4.81. The summed E-state index contributed by atoms with van der Waals surface area (Å²) < 4.78 is 51.1. The zero-order chi connectivity index (χ0) is 48.8. The van der Waals surface area contributed by atoms with Crippen molar-refractivity contribution in [1.82, 2.24) is 4.90 Å². The molecule has 13 rings (SSSR count). The van der Waals surface area contributed by atoms with Crippen LogP contribution in [0.15, 0.2) is 225 Å². The molecule has 3 aliphatic rings. The van der Waals surface area contributed by atoms with Crippen molar-refractivity contribution in [2.45, 2.75) is 68.7 Å². The number of benzene rings is 10. The van der Waals surface area contributed by atoms with Gasteiger partial charge in [-0.25, -0.2) is 0 Å². The number of hydrogen-bond donors (Lipinski definition) is 0. The first-order chi connectivity index (χ1) is 35.1. The Kier molecular flexibility index (Phi) is 10.6. The highest BCUT2D eigenvalue weighted by molar-refractivity contribution is 7.54. The lowest BCUT2D eigenvalue weighted by molar-refractivity contribution is -0.176. The summed E-state index contributed by atoms with van der Waals surface area (Å²) in [5, 5.41) is 7.75. The molecule has 10 aromatic rings. The molecule has 4 atom stereocenters. The summed E-state index contributed by atoms with van der Waals surface area (Å²) in [6.07, 6.45) is 2.22. The third-order valence-corrected chi connectivity index (χ3v) is 17.7. The van der Waals surface area contributed by atoms with Gasteiger partial charge in [0.2, 0.25) is 0 Å². The Balaban J connectivity index is 1.25. The van der Waals surface area contributed by atoms with E-state index < -0.39 is 42.6 Å². The second-order valence-electron chi connectivity index (χ2n) is 20.1. The van der Waals surface area contributed by atoms with Gasteiger partial charge in [-0.1, -0.05) is 224 Å². The van der Waals surface area contributed by atoms with Gasteiger partial charge in [-0.2, -0.15) is 0 Å². The molecule has 0 radical (unpaired) electrons. The van der Waals surface area contributed by atoms with E-state index in [0.717, 1.165) is 87.6 Å². The number of ether oxygens (including phenoxy) is 2. The highest BCUT2D eigenvalue weighted by Crippen LogP contribution is 2.76. The summed E-state index contributed by atoms with van der Waals surface area (Å²) in [6.45, 7) is 8.22. The van der Waals surface area contributed by atoms with E-state index in [1.54, 1.807) is 0 Å². The number of fused-ring (bicyclic) bond motifs is 6. The average molecular weight is 960 g/mol. The van der Waals surface area contributed by atoms with Crippen LogP contribution < -0.4 is 0 Å². The van der Waals surface area contributed by atoms with E-state index in [4.69, 9.17) is 18.5 Å². The summed E-state index contributed by atoms with van der Waals surface area (Å²) in [5.41, 5.74) is 3.73. The molecule has 354 valence electrons. The molecule has 3 heterocycles. The van der Waals surface area contributed by atoms with Crippen molar-refractivity contribution in [1.29, 1.82) is 0 Å². The van der Waals surface area contributed by atoms with E-state index in [1.165, 1.54) is 0 Å². The maximum Gasteiger partial charge on any atom is 0.360 e. The largest absolute Gasteiger partial charge is 0.360 e. The van der Waals surface area contributed by atoms with Crippen LogP contribution in [0.25, 0.3) is 49.2 Å². The highest BCUT2D eigenvalue weighted by Gasteiger charge is 2.71. The van der Waals surface area contributed by atoms with Crippen molar-refractivity contribution in [3.8, 4) is 0 Å². The summed E-state index contributed by atoms with van der Waals surface area (Å²) in [6, 6.07) is 75.4. The van der Waals surface area contributed by atoms with Crippen LogP contribution >= 0.6 is 7.60 Å². The number of aryl methyl sites for hydroxylation is 1. The summed E-state index contributed by atoms with van der Waals surface area (Å²) >= 11 is 0. The summed E-state index contributed by atoms with van der Waals surface area (Å²) in [5.74, 6) is -2.19. The van der Waals surface area contributed by atoms with Crippen LogP contribution in [0.1, 0.15) is 77.1 Å². The van der Waals surface area contributed by atoms with Crippen molar-refractivity contribution in [3.63, 3.8) is 0 Å². The van der Waals surface area contributed by atoms with Crippen LogP contribution in [0.2, 0.25) is 0 Å². The smallest absolute Gasteiger partial charge is 0.353 e. The Morgan fingerprint density at radius 1 is 0.486 bits per heavy atom. The molecule has 0 saturated carbocycles. The fraction of sp³-hybridized carbons (Fsp3) is 0.169. The van der Waals surface area contributed by atoms with Gasteiger partial charge in [-0.3, -0.25) is 13.6 Å². The lowest BCUT2D eigenvalue weighted by atomic mass is 9.69. The van der Waals surface area contributed by atoms with Crippen molar-refractivity contribution >= 4 is 56.8 Å². The van der Waals surface area contributed by atoms with Crippen molar-refractivity contribution in [2.75, 3.05) is 0 Å². The van der Waals surface area contributed by atoms with Gasteiger partial charge < -0.3 is 14.4 Å². The minimum Gasteiger partial charge on any atom is -0.353 e. The van der Waals surface area contributed by atoms with Crippen LogP contribution in [0.4, 0.5) is 0 Å². The lowest BCUT2D eigenvalue weighted by Gasteiger charge is -2.46. The van der Waals surface area contributed by atoms with Crippen LogP contribution in [-0.2, 0) is 34.3 Å². The van der Waals surface area contributed by atoms with E-state index in [2.05, 4.69) is 243 Å². The predicted molar refractivity (Wildman–Crippen MR) is 291 cm³/mol. The quantitative estimate of drug-likeness (QED) is 0.148. The first-order valence-electron chi connectivity index (χ1n) is 25.0. The van der Waals surface area contributed by atoms with Gasteiger partial charge in [0, 0.05) is 6.20 Å². The monoisotopic (exact) mass is 959 g/mol. The fourth-order valence-electron chi connectivity index (χ4n) is 12.3. The molecule has 2 fully saturated rings. The van der Waals surface area contributed by atoms with Crippen LogP contribution in [0.3, 0.4) is 0 Å². The van der Waals surface area contributed by atoms with Gasteiger partial charge in [0.05, 0.1) is 6.04 Å². The number of nitrogens with zero attached hydrogens (tertiary/aromatic N) is 1. The normalized spacial score (nSPS) is 22.4. The molecular weight excluding hydrogens is 906 g/mol. The molecule has 2 saturated heterocycles. The van der Waals surface area contributed by atoms with Crippen LogP contribution in [-0.4, -0.2) is 22.9 Å². The van der Waals surface area contributed by atoms with Crippen LogP contribution in [0, 0.1) is 6.92 Å². The van der Waals surface area contributed by atoms with E-state index in [9.17, 15) is 0 Å². The van der Waals surface area contributed by atoms with E-state index in [-0.39, 0.29) is 6.04 Å². The molecule has 10 aromatic carbocycles. The van der Waals surface area contributed by atoms with E-state index in [1.807, 2.05) is 19.9 Å². The number of hydrogen-bond acceptors (Lipinski definition) is 6. The topological polar surface area (TPSA) is 57.2 Å². The zero-order valence-electron chi connectivity index (χ0n) is 40.7. The first-order valence-corrected chi connectivity index (χ1v) is 26.6. The molecule has 6 nitrogen and oxygen atoms in total. The average Bonchev–Trinajstić information content (AvgIpc) is 3.72. The van der Waals surface area contributed by atoms with Gasteiger partial charge >= 0.3 is 7.60 Å². The molecule has 4 unspecified atom stereocenters. The first kappa shape index (κ1) is 44.8.